The normalized spacial score (nSPS) is 12.8. The Kier molecular flexibility index (Phi) is 4.50. The summed E-state index contributed by atoms with van der Waals surface area (Å²) in [6, 6.07) is 9.85. The minimum absolute atomic E-state index is 0.233. The van der Waals surface area contributed by atoms with Gasteiger partial charge < -0.3 is 4.90 Å². The predicted octanol–water partition coefficient (Wildman–Crippen LogP) is 2.60. The molecule has 0 aliphatic rings. The van der Waals surface area contributed by atoms with Crippen molar-refractivity contribution in [1.82, 2.24) is 4.90 Å². The van der Waals surface area contributed by atoms with E-state index in [2.05, 4.69) is 11.8 Å². The van der Waals surface area contributed by atoms with E-state index in [0.29, 0.717) is 12.5 Å². The lowest BCUT2D eigenvalue weighted by Crippen LogP contribution is -2.29. The third-order valence-corrected chi connectivity index (χ3v) is 2.72. The van der Waals surface area contributed by atoms with E-state index in [9.17, 15) is 4.79 Å². The second-order valence-corrected chi connectivity index (χ2v) is 4.02. The maximum Gasteiger partial charge on any atom is 0.164 e. The van der Waals surface area contributed by atoms with Crippen LogP contribution in [0.4, 0.5) is 0 Å². The van der Waals surface area contributed by atoms with Crippen LogP contribution < -0.4 is 0 Å². The van der Waals surface area contributed by atoms with Gasteiger partial charge in [-0.05, 0) is 20.5 Å². The zero-order valence-electron chi connectivity index (χ0n) is 9.73. The lowest BCUT2D eigenvalue weighted by Gasteiger charge is -2.21. The van der Waals surface area contributed by atoms with E-state index >= 15 is 0 Å². The molecule has 15 heavy (non-hydrogen) atoms. The average Bonchev–Trinajstić information content (AvgIpc) is 2.26. The molecule has 0 aliphatic heterocycles. The Morgan fingerprint density at radius 3 is 2.33 bits per heavy atom. The highest BCUT2D eigenvalue weighted by molar-refractivity contribution is 5.96. The van der Waals surface area contributed by atoms with Gasteiger partial charge in [0, 0.05) is 18.0 Å². The minimum atomic E-state index is 0.233. The summed E-state index contributed by atoms with van der Waals surface area (Å²) in [5.74, 6) is 0.233. The van der Waals surface area contributed by atoms with Crippen molar-refractivity contribution >= 4 is 5.78 Å². The van der Waals surface area contributed by atoms with Crippen molar-refractivity contribution in [2.75, 3.05) is 14.1 Å². The maximum absolute atomic E-state index is 11.9. The highest BCUT2D eigenvalue weighted by Gasteiger charge is 2.14. The van der Waals surface area contributed by atoms with Crippen molar-refractivity contribution in [3.05, 3.63) is 35.9 Å². The Bertz CT molecular complexity index is 306. The Morgan fingerprint density at radius 2 is 1.87 bits per heavy atom. The van der Waals surface area contributed by atoms with Crippen LogP contribution in [0.25, 0.3) is 0 Å². The zero-order valence-corrected chi connectivity index (χ0v) is 9.73. The first-order valence-corrected chi connectivity index (χ1v) is 5.39. The molecule has 0 amide bonds. The van der Waals surface area contributed by atoms with Crippen LogP contribution in [0.2, 0.25) is 0 Å². The van der Waals surface area contributed by atoms with Gasteiger partial charge in [-0.1, -0.05) is 37.3 Å². The van der Waals surface area contributed by atoms with Gasteiger partial charge in [0.25, 0.3) is 0 Å². The highest BCUT2D eigenvalue weighted by Crippen LogP contribution is 2.10. The molecule has 0 aromatic heterocycles. The maximum atomic E-state index is 11.9. The molecule has 0 bridgehead atoms. The number of benzene rings is 1. The summed E-state index contributed by atoms with van der Waals surface area (Å²) in [7, 11) is 4.04. The molecule has 0 saturated carbocycles. The van der Waals surface area contributed by atoms with Crippen molar-refractivity contribution in [2.24, 2.45) is 0 Å². The van der Waals surface area contributed by atoms with Crippen molar-refractivity contribution in [3.8, 4) is 0 Å². The van der Waals surface area contributed by atoms with Gasteiger partial charge in [-0.2, -0.15) is 0 Å². The molecule has 82 valence electrons. The fourth-order valence-corrected chi connectivity index (χ4v) is 1.65. The number of carbonyl (C=O) groups is 1. The number of rotatable bonds is 5. The summed E-state index contributed by atoms with van der Waals surface area (Å²) >= 11 is 0. The van der Waals surface area contributed by atoms with Crippen LogP contribution in [-0.2, 0) is 0 Å². The smallest absolute Gasteiger partial charge is 0.164 e. The van der Waals surface area contributed by atoms with Crippen LogP contribution in [-0.4, -0.2) is 30.8 Å². The van der Waals surface area contributed by atoms with Crippen LogP contribution in [0, 0.1) is 0 Å². The van der Waals surface area contributed by atoms with E-state index in [4.69, 9.17) is 0 Å². The fourth-order valence-electron chi connectivity index (χ4n) is 1.65. The molecule has 1 aromatic carbocycles. The number of carbonyl (C=O) groups excluding carboxylic acids is 1. The quantitative estimate of drug-likeness (QED) is 0.689. The Labute approximate surface area is 91.9 Å². The molecule has 2 nitrogen and oxygen atoms in total. The molecule has 1 unspecified atom stereocenters. The summed E-state index contributed by atoms with van der Waals surface area (Å²) in [5.41, 5.74) is 0.817. The van der Waals surface area contributed by atoms with E-state index in [1.807, 2.05) is 44.4 Å². The molecule has 1 rings (SSSR count). The number of hydrogen-bond acceptors (Lipinski definition) is 2. The van der Waals surface area contributed by atoms with Crippen molar-refractivity contribution < 1.29 is 4.79 Å². The molecule has 1 aromatic rings. The summed E-state index contributed by atoms with van der Waals surface area (Å²) < 4.78 is 0. The van der Waals surface area contributed by atoms with Crippen molar-refractivity contribution in [3.63, 3.8) is 0 Å². The van der Waals surface area contributed by atoms with Crippen LogP contribution in [0.3, 0.4) is 0 Å². The molecule has 0 heterocycles. The van der Waals surface area contributed by atoms with Crippen LogP contribution in [0.1, 0.15) is 30.1 Å². The molecule has 0 aliphatic carbocycles. The molecule has 0 radical (unpaired) electrons. The van der Waals surface area contributed by atoms with Gasteiger partial charge in [-0.15, -0.1) is 0 Å². The fraction of sp³-hybridized carbons (Fsp3) is 0.462. The molecule has 2 heteroatoms. The van der Waals surface area contributed by atoms with Gasteiger partial charge in [0.15, 0.2) is 5.78 Å². The molecular formula is C13H19NO. The molecule has 0 saturated heterocycles. The lowest BCUT2D eigenvalue weighted by atomic mass is 10.0. The first kappa shape index (κ1) is 11.9. The molecule has 0 N–H and O–H groups in total. The third kappa shape index (κ3) is 3.48. The molecular weight excluding hydrogens is 186 g/mol. The number of Topliss-reactive ketones (excluding diaryl/α,β-unsaturated/α-hetero) is 1. The summed E-state index contributed by atoms with van der Waals surface area (Å²) in [6.07, 6.45) is 1.61. The lowest BCUT2D eigenvalue weighted by molar-refractivity contribution is 0.0942. The second kappa shape index (κ2) is 5.66. The third-order valence-electron chi connectivity index (χ3n) is 2.72. The topological polar surface area (TPSA) is 20.3 Å². The minimum Gasteiger partial charge on any atom is -0.306 e. The van der Waals surface area contributed by atoms with Crippen molar-refractivity contribution in [2.45, 2.75) is 25.8 Å². The average molecular weight is 205 g/mol. The first-order chi connectivity index (χ1) is 7.15. The number of nitrogens with zero attached hydrogens (tertiary/aromatic N) is 1. The van der Waals surface area contributed by atoms with E-state index in [0.717, 1.165) is 12.0 Å². The van der Waals surface area contributed by atoms with E-state index in [1.54, 1.807) is 0 Å². The molecule has 1 atom stereocenters. The van der Waals surface area contributed by atoms with Gasteiger partial charge in [0.05, 0.1) is 0 Å². The number of hydrogen-bond donors (Lipinski definition) is 0. The van der Waals surface area contributed by atoms with E-state index in [1.165, 1.54) is 0 Å². The van der Waals surface area contributed by atoms with E-state index in [-0.39, 0.29) is 5.78 Å². The Morgan fingerprint density at radius 1 is 1.27 bits per heavy atom. The van der Waals surface area contributed by atoms with Crippen LogP contribution >= 0.6 is 0 Å². The zero-order chi connectivity index (χ0) is 11.3. The van der Waals surface area contributed by atoms with Crippen LogP contribution in [0.15, 0.2) is 30.3 Å². The predicted molar refractivity (Wildman–Crippen MR) is 63.2 cm³/mol. The Balaban J connectivity index is 2.63. The van der Waals surface area contributed by atoms with E-state index < -0.39 is 0 Å². The largest absolute Gasteiger partial charge is 0.306 e. The molecule has 0 fully saturated rings. The van der Waals surface area contributed by atoms with Crippen LogP contribution in [0.5, 0.6) is 0 Å². The summed E-state index contributed by atoms with van der Waals surface area (Å²) in [4.78, 5) is 14.0. The molecule has 0 spiro atoms. The summed E-state index contributed by atoms with van der Waals surface area (Å²) in [5, 5.41) is 0. The SMILES string of the molecule is CCC(CC(=O)c1ccccc1)N(C)C. The van der Waals surface area contributed by atoms with Gasteiger partial charge >= 0.3 is 0 Å². The number of ketones is 1. The highest BCUT2D eigenvalue weighted by atomic mass is 16.1. The van der Waals surface area contributed by atoms with Gasteiger partial charge in [0.1, 0.15) is 0 Å². The van der Waals surface area contributed by atoms with Crippen molar-refractivity contribution in [1.29, 1.82) is 0 Å². The van der Waals surface area contributed by atoms with Gasteiger partial charge in [-0.3, -0.25) is 4.79 Å². The van der Waals surface area contributed by atoms with Gasteiger partial charge in [-0.25, -0.2) is 0 Å². The Hall–Kier alpha value is -1.15. The second-order valence-electron chi connectivity index (χ2n) is 4.02. The summed E-state index contributed by atoms with van der Waals surface area (Å²) in [6.45, 7) is 2.11. The first-order valence-electron chi connectivity index (χ1n) is 5.39. The standard InChI is InChI=1S/C13H19NO/c1-4-12(14(2)3)10-13(15)11-8-6-5-7-9-11/h5-9,12H,4,10H2,1-3H3. The van der Waals surface area contributed by atoms with Gasteiger partial charge in [0.2, 0.25) is 0 Å². The monoisotopic (exact) mass is 205 g/mol.